The van der Waals surface area contributed by atoms with Gasteiger partial charge in [-0.15, -0.1) is 11.8 Å². The van der Waals surface area contributed by atoms with E-state index in [0.717, 1.165) is 47.1 Å². The topological polar surface area (TPSA) is 221 Å². The predicted octanol–water partition coefficient (Wildman–Crippen LogP) is 8.65. The summed E-state index contributed by atoms with van der Waals surface area (Å²) in [6.07, 6.45) is 0.0109. The van der Waals surface area contributed by atoms with Crippen LogP contribution >= 0.6 is 11.8 Å². The summed E-state index contributed by atoms with van der Waals surface area (Å²) in [5, 5.41) is 10.4. The van der Waals surface area contributed by atoms with E-state index >= 15 is 4.39 Å². The Morgan fingerprint density at radius 3 is 2.01 bits per heavy atom. The van der Waals surface area contributed by atoms with Crippen LogP contribution in [-0.4, -0.2) is 129 Å². The number of carbonyl (C=O) groups is 6. The number of carbonyl (C=O) groups excluding carboxylic acids is 6. The van der Waals surface area contributed by atoms with E-state index in [0.29, 0.717) is 17.8 Å². The van der Waals surface area contributed by atoms with Crippen molar-refractivity contribution in [2.45, 2.75) is 117 Å². The highest BCUT2D eigenvalue weighted by molar-refractivity contribution is 8.00. The molecule has 0 radical (unpaired) electrons. The van der Waals surface area contributed by atoms with Crippen LogP contribution in [0.1, 0.15) is 83.7 Å². The van der Waals surface area contributed by atoms with Gasteiger partial charge in [-0.25, -0.2) is 26.8 Å². The van der Waals surface area contributed by atoms with Gasteiger partial charge in [-0.1, -0.05) is 101 Å². The number of thioether (sulfide) groups is 1. The van der Waals surface area contributed by atoms with Gasteiger partial charge in [0.1, 0.15) is 29.9 Å². The van der Waals surface area contributed by atoms with Crippen molar-refractivity contribution in [3.63, 3.8) is 0 Å². The first-order valence-electron chi connectivity index (χ1n) is 26.0. The maximum Gasteiger partial charge on any atom is 0.407 e. The van der Waals surface area contributed by atoms with Gasteiger partial charge >= 0.3 is 18.2 Å². The van der Waals surface area contributed by atoms with Gasteiger partial charge in [0.05, 0.1) is 36.3 Å². The molecule has 0 saturated heterocycles. The van der Waals surface area contributed by atoms with E-state index in [1.165, 1.54) is 0 Å². The van der Waals surface area contributed by atoms with E-state index in [9.17, 15) is 41.6 Å². The van der Waals surface area contributed by atoms with Crippen LogP contribution in [-0.2, 0) is 56.4 Å². The van der Waals surface area contributed by atoms with E-state index in [4.69, 9.17) is 14.2 Å². The van der Waals surface area contributed by atoms with Crippen LogP contribution in [0, 0.1) is 17.0 Å². The smallest absolute Gasteiger partial charge is 0.407 e. The SMILES string of the molecule is CC(C)(C)OC(=O)CCC(=O)NC(CSCC(=O)N(CCCNC(=O)OCC[Si](C)(C)C)C(c1cc(-c2cc(F)ccc2F)cn1Cc1ccccc1)C(C)(C)C)C(=O)NCCS(=O)(=O)CCNC(=O)OCc1ccccc1. The average molecular weight is 1140 g/mol. The largest absolute Gasteiger partial charge is 0.460 e. The second kappa shape index (κ2) is 30.2. The van der Waals surface area contributed by atoms with Gasteiger partial charge in [0.25, 0.3) is 0 Å². The summed E-state index contributed by atoms with van der Waals surface area (Å²) >= 11 is 1.03. The normalized spacial score (nSPS) is 12.7. The van der Waals surface area contributed by atoms with Crippen molar-refractivity contribution in [3.05, 3.63) is 120 Å². The van der Waals surface area contributed by atoms with Gasteiger partial charge < -0.3 is 44.9 Å². The second-order valence-corrected chi connectivity index (χ2v) is 31.1. The highest BCUT2D eigenvalue weighted by atomic mass is 32.2. The van der Waals surface area contributed by atoms with Crippen LogP contribution in [0.15, 0.2) is 91.1 Å². The Balaban J connectivity index is 1.57. The number of hydrogen-bond donors (Lipinski definition) is 4. The Labute approximate surface area is 463 Å². The minimum absolute atomic E-state index is 0.00423. The Morgan fingerprint density at radius 1 is 0.769 bits per heavy atom. The number of halogens is 2. The molecule has 0 saturated carbocycles. The zero-order chi connectivity index (χ0) is 57.7. The number of aromatic nitrogens is 1. The quantitative estimate of drug-likeness (QED) is 0.0174. The molecule has 78 heavy (non-hydrogen) atoms. The van der Waals surface area contributed by atoms with Crippen molar-refractivity contribution in [1.82, 2.24) is 30.7 Å². The van der Waals surface area contributed by atoms with Crippen LogP contribution in [0.3, 0.4) is 0 Å². The van der Waals surface area contributed by atoms with Gasteiger partial charge in [0, 0.05) is 76.0 Å². The Kier molecular flexibility index (Phi) is 24.9. The monoisotopic (exact) mass is 1140 g/mol. The van der Waals surface area contributed by atoms with Gasteiger partial charge in [-0.2, -0.15) is 0 Å². The highest BCUT2D eigenvalue weighted by Crippen LogP contribution is 2.41. The van der Waals surface area contributed by atoms with Crippen LogP contribution in [0.4, 0.5) is 18.4 Å². The van der Waals surface area contributed by atoms with Crippen LogP contribution in [0.2, 0.25) is 25.7 Å². The summed E-state index contributed by atoms with van der Waals surface area (Å²) in [6, 6.07) is 22.2. The molecule has 2 unspecified atom stereocenters. The third-order valence-corrected chi connectivity index (χ3v) is 16.1. The summed E-state index contributed by atoms with van der Waals surface area (Å²) in [5.74, 6) is -5.04. The fourth-order valence-corrected chi connectivity index (χ4v) is 10.7. The lowest BCUT2D eigenvalue weighted by Crippen LogP contribution is -2.49. The third-order valence-electron chi connectivity index (χ3n) is 11.8. The molecule has 17 nitrogen and oxygen atoms in total. The molecule has 1 aromatic heterocycles. The van der Waals surface area contributed by atoms with Crippen molar-refractivity contribution in [2.75, 3.05) is 55.8 Å². The molecule has 0 fully saturated rings. The van der Waals surface area contributed by atoms with Crippen molar-refractivity contribution < 1.29 is 60.2 Å². The highest BCUT2D eigenvalue weighted by Gasteiger charge is 2.37. The molecule has 2 atom stereocenters. The number of hydrogen-bond acceptors (Lipinski definition) is 12. The summed E-state index contributed by atoms with van der Waals surface area (Å²) in [4.78, 5) is 81.2. The molecule has 4 N–H and O–H groups in total. The van der Waals surface area contributed by atoms with Crippen molar-refractivity contribution in [3.8, 4) is 11.1 Å². The van der Waals surface area contributed by atoms with Gasteiger partial charge in [0.2, 0.25) is 17.7 Å². The zero-order valence-corrected chi connectivity index (χ0v) is 49.0. The molecule has 4 aromatic rings. The molecule has 5 amide bonds. The molecular weight excluding hydrogens is 1060 g/mol. The second-order valence-electron chi connectivity index (χ2n) is 22.1. The molecule has 0 bridgehead atoms. The number of ether oxygens (including phenoxy) is 3. The number of nitrogens with one attached hydrogen (secondary N) is 4. The van der Waals surface area contributed by atoms with Gasteiger partial charge in [-0.05, 0) is 74.0 Å². The predicted molar refractivity (Wildman–Crippen MR) is 302 cm³/mol. The van der Waals surface area contributed by atoms with Crippen LogP contribution in [0.5, 0.6) is 0 Å². The minimum Gasteiger partial charge on any atom is -0.460 e. The minimum atomic E-state index is -3.81. The molecular formula is C56H78F2N6O11S2Si. The number of alkyl carbamates (subject to hydrolysis) is 2. The molecule has 0 spiro atoms. The fourth-order valence-electron chi connectivity index (χ4n) is 7.99. The summed E-state index contributed by atoms with van der Waals surface area (Å²) < 4.78 is 73.9. The third kappa shape index (κ3) is 23.8. The Morgan fingerprint density at radius 2 is 1.38 bits per heavy atom. The lowest BCUT2D eigenvalue weighted by molar-refractivity contribution is -0.155. The van der Waals surface area contributed by atoms with E-state index in [2.05, 4.69) is 40.9 Å². The molecule has 3 aromatic carbocycles. The molecule has 0 aliphatic heterocycles. The van der Waals surface area contributed by atoms with E-state index in [-0.39, 0.29) is 81.6 Å². The van der Waals surface area contributed by atoms with Crippen molar-refractivity contribution >= 4 is 65.6 Å². The van der Waals surface area contributed by atoms with Crippen LogP contribution in [0.25, 0.3) is 11.1 Å². The van der Waals surface area contributed by atoms with E-state index < -0.39 is 94.1 Å². The number of esters is 1. The van der Waals surface area contributed by atoms with Gasteiger partial charge in [0.15, 0.2) is 9.84 Å². The number of rotatable bonds is 29. The standard InChI is InChI=1S/C56H78F2N6O11S2Si/c1-55(2,3)51(47-33-42(44-34-43(57)21-22-45(44)58)36-63(47)35-40-17-12-10-13-18-40)64(28-16-25-60-53(69)73-29-32-78(7,8)9)49(66)39-76-38-46(62-48(65)23-24-50(67)75-56(4,5)6)52(68)59-26-30-77(71,72)31-27-61-54(70)74-37-41-19-14-11-15-20-41/h10-15,17-22,33-34,36,46,51H,16,23-32,35,37-39H2,1-9H3,(H,59,68)(H,60,69)(H,61,70)(H,62,65). The average Bonchev–Trinajstić information content (AvgIpc) is 3.82. The number of nitrogens with zero attached hydrogens (tertiary/aromatic N) is 2. The Bertz CT molecular complexity index is 2730. The lowest BCUT2D eigenvalue weighted by Gasteiger charge is -2.41. The van der Waals surface area contributed by atoms with Gasteiger partial charge in [-0.3, -0.25) is 19.2 Å². The lowest BCUT2D eigenvalue weighted by atomic mass is 9.83. The first-order valence-corrected chi connectivity index (χ1v) is 32.7. The molecule has 428 valence electrons. The first-order chi connectivity index (χ1) is 36.6. The van der Waals surface area contributed by atoms with Crippen molar-refractivity contribution in [1.29, 1.82) is 0 Å². The fraction of sp³-hybridized carbons (Fsp3) is 0.500. The molecule has 4 rings (SSSR count). The molecule has 0 aliphatic carbocycles. The molecule has 0 aliphatic rings. The van der Waals surface area contributed by atoms with Crippen LogP contribution < -0.4 is 21.3 Å². The summed E-state index contributed by atoms with van der Waals surface area (Å²) in [5.41, 5.74) is 1.18. The number of benzene rings is 3. The number of amides is 5. The zero-order valence-electron chi connectivity index (χ0n) is 46.4. The molecule has 22 heteroatoms. The van der Waals surface area contributed by atoms with Crippen molar-refractivity contribution in [2.24, 2.45) is 5.41 Å². The molecule has 1 heterocycles. The maximum absolute atomic E-state index is 15.5. The maximum atomic E-state index is 15.5. The first kappa shape index (κ1) is 64.3. The van der Waals surface area contributed by atoms with E-state index in [1.807, 2.05) is 61.7 Å². The number of sulfone groups is 1. The van der Waals surface area contributed by atoms with E-state index in [1.54, 1.807) is 62.2 Å². The summed E-state index contributed by atoms with van der Waals surface area (Å²) in [7, 11) is -5.29. The Hall–Kier alpha value is -6.26. The summed E-state index contributed by atoms with van der Waals surface area (Å²) in [6.45, 7) is 17.7.